The molecular weight excluding hydrogens is 387 g/mol. The minimum atomic E-state index is -0.171. The molecule has 0 saturated heterocycles. The van der Waals surface area contributed by atoms with Gasteiger partial charge in [-0.1, -0.05) is 23.2 Å². The molecule has 2 aromatic heterocycles. The van der Waals surface area contributed by atoms with E-state index in [9.17, 15) is 10.0 Å². The SMILES string of the molecule is Cc1cc(-c2cnn3c2C(=O)N(c2ccc(Cl)c(Cl)c2)C[C@@H]3C)cc[n+]1[O-]. The van der Waals surface area contributed by atoms with E-state index < -0.39 is 0 Å². The topological polar surface area (TPSA) is 65.1 Å². The Hall–Kier alpha value is -2.57. The van der Waals surface area contributed by atoms with Crippen molar-refractivity contribution in [1.82, 2.24) is 9.78 Å². The summed E-state index contributed by atoms with van der Waals surface area (Å²) in [6.45, 7) is 4.19. The molecule has 0 saturated carbocycles. The number of carbonyl (C=O) groups excluding carboxylic acids is 1. The largest absolute Gasteiger partial charge is 0.619 e. The molecule has 0 aliphatic carbocycles. The quantitative estimate of drug-likeness (QED) is 0.480. The van der Waals surface area contributed by atoms with Crippen molar-refractivity contribution >= 4 is 34.8 Å². The van der Waals surface area contributed by atoms with Crippen LogP contribution in [0.3, 0.4) is 0 Å². The summed E-state index contributed by atoms with van der Waals surface area (Å²) in [7, 11) is 0. The van der Waals surface area contributed by atoms with Gasteiger partial charge in [-0.3, -0.25) is 9.48 Å². The number of benzene rings is 1. The molecule has 0 spiro atoms. The molecule has 27 heavy (non-hydrogen) atoms. The fraction of sp³-hybridized carbons (Fsp3) is 0.211. The van der Waals surface area contributed by atoms with Crippen LogP contribution in [0.4, 0.5) is 5.69 Å². The van der Waals surface area contributed by atoms with Crippen LogP contribution in [0.2, 0.25) is 10.0 Å². The Bertz CT molecular complexity index is 1060. The number of aromatic nitrogens is 3. The summed E-state index contributed by atoms with van der Waals surface area (Å²) in [6, 6.07) is 8.56. The maximum Gasteiger partial charge on any atom is 0.277 e. The van der Waals surface area contributed by atoms with Crippen LogP contribution in [0.5, 0.6) is 0 Å². The molecule has 3 heterocycles. The normalized spacial score (nSPS) is 16.5. The van der Waals surface area contributed by atoms with Gasteiger partial charge in [0.25, 0.3) is 5.91 Å². The van der Waals surface area contributed by atoms with Gasteiger partial charge in [0.2, 0.25) is 0 Å². The van der Waals surface area contributed by atoms with Crippen LogP contribution in [-0.4, -0.2) is 22.2 Å². The molecule has 0 fully saturated rings. The molecule has 1 aliphatic rings. The van der Waals surface area contributed by atoms with E-state index in [1.807, 2.05) is 6.92 Å². The second-order valence-corrected chi connectivity index (χ2v) is 7.41. The summed E-state index contributed by atoms with van der Waals surface area (Å²) in [5, 5.41) is 16.9. The molecular formula is C19H16Cl2N4O2. The van der Waals surface area contributed by atoms with E-state index in [-0.39, 0.29) is 11.9 Å². The van der Waals surface area contributed by atoms with Crippen LogP contribution in [0.15, 0.2) is 42.7 Å². The van der Waals surface area contributed by atoms with Crippen molar-refractivity contribution in [2.45, 2.75) is 19.9 Å². The van der Waals surface area contributed by atoms with Crippen molar-refractivity contribution < 1.29 is 9.52 Å². The van der Waals surface area contributed by atoms with Gasteiger partial charge in [-0.15, -0.1) is 0 Å². The van der Waals surface area contributed by atoms with Crippen LogP contribution < -0.4 is 9.63 Å². The van der Waals surface area contributed by atoms with Crippen LogP contribution in [0.1, 0.15) is 29.1 Å². The van der Waals surface area contributed by atoms with Crippen LogP contribution in [0, 0.1) is 12.1 Å². The van der Waals surface area contributed by atoms with Crippen molar-refractivity contribution in [3.8, 4) is 11.1 Å². The summed E-state index contributed by atoms with van der Waals surface area (Å²) in [5.74, 6) is -0.171. The molecule has 0 N–H and O–H groups in total. The van der Waals surface area contributed by atoms with Crippen LogP contribution >= 0.6 is 23.2 Å². The van der Waals surface area contributed by atoms with Gasteiger partial charge < -0.3 is 10.1 Å². The molecule has 4 rings (SSSR count). The van der Waals surface area contributed by atoms with E-state index in [2.05, 4.69) is 5.10 Å². The van der Waals surface area contributed by atoms with E-state index in [0.29, 0.717) is 39.2 Å². The summed E-state index contributed by atoms with van der Waals surface area (Å²) in [6.07, 6.45) is 3.11. The Morgan fingerprint density at radius 1 is 1.22 bits per heavy atom. The van der Waals surface area contributed by atoms with Gasteiger partial charge in [-0.2, -0.15) is 9.83 Å². The first-order valence-corrected chi connectivity index (χ1v) is 9.17. The van der Waals surface area contributed by atoms with Gasteiger partial charge in [-0.05, 0) is 30.7 Å². The van der Waals surface area contributed by atoms with Crippen molar-refractivity contribution in [3.05, 3.63) is 69.4 Å². The monoisotopic (exact) mass is 402 g/mol. The number of nitrogens with zero attached hydrogens (tertiary/aromatic N) is 4. The Balaban J connectivity index is 1.81. The molecule has 3 aromatic rings. The lowest BCUT2D eigenvalue weighted by Crippen LogP contribution is -2.42. The Morgan fingerprint density at radius 3 is 2.70 bits per heavy atom. The molecule has 0 unspecified atom stereocenters. The second kappa shape index (κ2) is 6.55. The first kappa shape index (κ1) is 17.8. The third-order valence-electron chi connectivity index (χ3n) is 4.73. The Labute approximate surface area is 166 Å². The number of hydrogen-bond donors (Lipinski definition) is 0. The minimum Gasteiger partial charge on any atom is -0.619 e. The molecule has 138 valence electrons. The summed E-state index contributed by atoms with van der Waals surface area (Å²) < 4.78 is 2.52. The first-order valence-electron chi connectivity index (χ1n) is 8.41. The molecule has 1 aliphatic heterocycles. The summed E-state index contributed by atoms with van der Waals surface area (Å²) in [4.78, 5) is 15.0. The third kappa shape index (κ3) is 2.95. The fourth-order valence-electron chi connectivity index (χ4n) is 3.32. The average Bonchev–Trinajstić information content (AvgIpc) is 3.09. The van der Waals surface area contributed by atoms with Crippen molar-refractivity contribution in [1.29, 1.82) is 0 Å². The number of aryl methyl sites for hydroxylation is 1. The molecule has 1 amide bonds. The Kier molecular flexibility index (Phi) is 4.32. The number of amides is 1. The van der Waals surface area contributed by atoms with Crippen molar-refractivity contribution in [2.24, 2.45) is 0 Å². The van der Waals surface area contributed by atoms with E-state index in [1.54, 1.807) is 53.0 Å². The molecule has 0 bridgehead atoms. The third-order valence-corrected chi connectivity index (χ3v) is 5.47. The van der Waals surface area contributed by atoms with E-state index in [0.717, 1.165) is 10.3 Å². The van der Waals surface area contributed by atoms with Crippen molar-refractivity contribution in [3.63, 3.8) is 0 Å². The van der Waals surface area contributed by atoms with Gasteiger partial charge in [-0.25, -0.2) is 0 Å². The molecule has 1 aromatic carbocycles. The highest BCUT2D eigenvalue weighted by Gasteiger charge is 2.34. The van der Waals surface area contributed by atoms with E-state index in [4.69, 9.17) is 23.2 Å². The maximum atomic E-state index is 13.3. The van der Waals surface area contributed by atoms with Crippen LogP contribution in [-0.2, 0) is 0 Å². The van der Waals surface area contributed by atoms with Gasteiger partial charge in [0, 0.05) is 36.9 Å². The van der Waals surface area contributed by atoms with Gasteiger partial charge in [0.05, 0.1) is 22.3 Å². The predicted octanol–water partition coefficient (Wildman–Crippen LogP) is 4.02. The summed E-state index contributed by atoms with van der Waals surface area (Å²) in [5.41, 5.74) is 3.19. The number of hydrogen-bond acceptors (Lipinski definition) is 3. The second-order valence-electron chi connectivity index (χ2n) is 6.60. The highest BCUT2D eigenvalue weighted by atomic mass is 35.5. The zero-order chi connectivity index (χ0) is 19.3. The smallest absolute Gasteiger partial charge is 0.277 e. The number of pyridine rings is 1. The fourth-order valence-corrected chi connectivity index (χ4v) is 3.61. The molecule has 1 atom stereocenters. The summed E-state index contributed by atoms with van der Waals surface area (Å²) >= 11 is 12.1. The molecule has 0 radical (unpaired) electrons. The van der Waals surface area contributed by atoms with Gasteiger partial charge in [0.1, 0.15) is 5.69 Å². The number of rotatable bonds is 2. The average molecular weight is 403 g/mol. The lowest BCUT2D eigenvalue weighted by atomic mass is 10.0. The van der Waals surface area contributed by atoms with Gasteiger partial charge in [0.15, 0.2) is 11.9 Å². The van der Waals surface area contributed by atoms with Crippen molar-refractivity contribution in [2.75, 3.05) is 11.4 Å². The van der Waals surface area contributed by atoms with E-state index >= 15 is 0 Å². The number of fused-ring (bicyclic) bond motifs is 1. The number of carbonyl (C=O) groups is 1. The minimum absolute atomic E-state index is 0.0184. The zero-order valence-electron chi connectivity index (χ0n) is 14.7. The van der Waals surface area contributed by atoms with Gasteiger partial charge >= 0.3 is 0 Å². The standard InChI is InChI=1S/C19H16Cl2N4O2/c1-11-7-13(5-6-24(11)27)15-9-22-25-12(2)10-23(19(26)18(15)25)14-3-4-16(20)17(21)8-14/h3-9,12H,10H2,1-2H3/t12-/m0/s1. The Morgan fingerprint density at radius 2 is 2.00 bits per heavy atom. The highest BCUT2D eigenvalue weighted by molar-refractivity contribution is 6.42. The number of halogens is 2. The predicted molar refractivity (Wildman–Crippen MR) is 104 cm³/mol. The van der Waals surface area contributed by atoms with Crippen LogP contribution in [0.25, 0.3) is 11.1 Å². The number of anilines is 1. The zero-order valence-corrected chi connectivity index (χ0v) is 16.2. The highest BCUT2D eigenvalue weighted by Crippen LogP contribution is 2.34. The molecule has 8 heteroatoms. The lowest BCUT2D eigenvalue weighted by molar-refractivity contribution is -0.612. The first-order chi connectivity index (χ1) is 12.9. The van der Waals surface area contributed by atoms with E-state index in [1.165, 1.54) is 6.20 Å². The lowest BCUT2D eigenvalue weighted by Gasteiger charge is -2.32. The molecule has 6 nitrogen and oxygen atoms in total. The maximum absolute atomic E-state index is 13.3.